The first-order valence-corrected chi connectivity index (χ1v) is 6.82. The molecule has 0 spiro atoms. The van der Waals surface area contributed by atoms with Crippen LogP contribution in [0.5, 0.6) is 5.75 Å². The third-order valence-electron chi connectivity index (χ3n) is 4.22. The van der Waals surface area contributed by atoms with Crippen molar-refractivity contribution in [2.24, 2.45) is 0 Å². The van der Waals surface area contributed by atoms with Gasteiger partial charge < -0.3 is 9.64 Å². The average Bonchev–Trinajstić information content (AvgIpc) is 2.38. The van der Waals surface area contributed by atoms with E-state index in [-0.39, 0.29) is 23.7 Å². The smallest absolute Gasteiger partial charge is 0.165 e. The van der Waals surface area contributed by atoms with Gasteiger partial charge in [0.2, 0.25) is 0 Å². The summed E-state index contributed by atoms with van der Waals surface area (Å²) >= 11 is 0. The Morgan fingerprint density at radius 3 is 2.58 bits per heavy atom. The zero-order valence-electron chi connectivity index (χ0n) is 11.1. The number of fused-ring (bicyclic) bond motifs is 2. The second-order valence-electron chi connectivity index (χ2n) is 5.41. The van der Waals surface area contributed by atoms with Gasteiger partial charge in [-0.25, -0.2) is 4.39 Å². The molecule has 4 heteroatoms. The number of anilines is 1. The maximum atomic E-state index is 13.5. The quantitative estimate of drug-likeness (QED) is 0.821. The number of carbonyl (C=O) groups excluding carboxylic acids is 1. The summed E-state index contributed by atoms with van der Waals surface area (Å²) in [7, 11) is 1.47. The van der Waals surface area contributed by atoms with Gasteiger partial charge in [0.25, 0.3) is 0 Å². The molecule has 0 N–H and O–H groups in total. The predicted octanol–water partition coefficient (Wildman–Crippen LogP) is 2.92. The Balaban J connectivity index is 1.94. The first-order chi connectivity index (χ1) is 9.19. The van der Waals surface area contributed by atoms with Gasteiger partial charge in [-0.05, 0) is 31.4 Å². The van der Waals surface area contributed by atoms with E-state index in [0.29, 0.717) is 18.6 Å². The highest BCUT2D eigenvalue weighted by Crippen LogP contribution is 2.37. The number of rotatable bonds is 2. The summed E-state index contributed by atoms with van der Waals surface area (Å²) in [5.74, 6) is 0.289. The molecule has 2 aliphatic rings. The highest BCUT2D eigenvalue weighted by atomic mass is 19.1. The molecule has 2 atom stereocenters. The summed E-state index contributed by atoms with van der Waals surface area (Å²) in [6.45, 7) is 0. The van der Waals surface area contributed by atoms with Crippen molar-refractivity contribution >= 4 is 11.5 Å². The highest BCUT2D eigenvalue weighted by molar-refractivity contribution is 5.82. The van der Waals surface area contributed by atoms with Crippen molar-refractivity contribution in [2.45, 2.75) is 44.2 Å². The van der Waals surface area contributed by atoms with Crippen LogP contribution < -0.4 is 9.64 Å². The maximum absolute atomic E-state index is 13.5. The minimum atomic E-state index is -0.343. The van der Waals surface area contributed by atoms with Crippen LogP contribution in [0.2, 0.25) is 0 Å². The number of benzene rings is 1. The number of hydrogen-bond donors (Lipinski definition) is 0. The lowest BCUT2D eigenvalue weighted by Gasteiger charge is -2.47. The predicted molar refractivity (Wildman–Crippen MR) is 71.1 cm³/mol. The minimum Gasteiger partial charge on any atom is -0.494 e. The SMILES string of the molecule is COc1cc(N2C3CCCC2CC(=O)C3)ccc1F. The standard InChI is InChI=1S/C15H18FNO2/c1-19-15-9-12(5-6-14(15)16)17-10-3-2-4-11(17)8-13(18)7-10/h5-6,9-11H,2-4,7-8H2,1H3. The Bertz CT molecular complexity index is 487. The van der Waals surface area contributed by atoms with Crippen LogP contribution in [0.4, 0.5) is 10.1 Å². The van der Waals surface area contributed by atoms with Gasteiger partial charge in [-0.3, -0.25) is 4.79 Å². The molecule has 0 aliphatic carbocycles. The first kappa shape index (κ1) is 12.5. The Morgan fingerprint density at radius 2 is 1.95 bits per heavy atom. The Labute approximate surface area is 112 Å². The van der Waals surface area contributed by atoms with Gasteiger partial charge >= 0.3 is 0 Å². The number of hydrogen-bond acceptors (Lipinski definition) is 3. The van der Waals surface area contributed by atoms with Gasteiger partial charge in [0, 0.05) is 36.7 Å². The lowest BCUT2D eigenvalue weighted by atomic mass is 9.83. The molecule has 2 fully saturated rings. The molecule has 2 unspecified atom stereocenters. The van der Waals surface area contributed by atoms with Crippen LogP contribution in [-0.4, -0.2) is 25.0 Å². The van der Waals surface area contributed by atoms with E-state index in [1.807, 2.05) is 0 Å². The molecule has 1 aromatic carbocycles. The molecule has 102 valence electrons. The molecule has 2 bridgehead atoms. The van der Waals surface area contributed by atoms with E-state index in [1.54, 1.807) is 12.1 Å². The summed E-state index contributed by atoms with van der Waals surface area (Å²) in [6.07, 6.45) is 4.51. The van der Waals surface area contributed by atoms with Crippen molar-refractivity contribution in [3.8, 4) is 5.75 Å². The van der Waals surface area contributed by atoms with Crippen molar-refractivity contribution < 1.29 is 13.9 Å². The number of carbonyl (C=O) groups is 1. The second kappa shape index (κ2) is 4.83. The van der Waals surface area contributed by atoms with E-state index in [0.717, 1.165) is 18.5 Å². The van der Waals surface area contributed by atoms with E-state index < -0.39 is 0 Å². The summed E-state index contributed by atoms with van der Waals surface area (Å²) in [4.78, 5) is 14.0. The van der Waals surface area contributed by atoms with Crippen LogP contribution in [0.3, 0.4) is 0 Å². The molecule has 0 radical (unpaired) electrons. The van der Waals surface area contributed by atoms with Crippen molar-refractivity contribution in [1.29, 1.82) is 0 Å². The van der Waals surface area contributed by atoms with E-state index in [1.165, 1.54) is 19.6 Å². The van der Waals surface area contributed by atoms with E-state index >= 15 is 0 Å². The molecular formula is C15H18FNO2. The van der Waals surface area contributed by atoms with Crippen LogP contribution in [0.15, 0.2) is 18.2 Å². The normalized spacial score (nSPS) is 26.4. The Hall–Kier alpha value is -1.58. The molecular weight excluding hydrogens is 245 g/mol. The molecule has 1 aromatic rings. The second-order valence-corrected chi connectivity index (χ2v) is 5.41. The topological polar surface area (TPSA) is 29.5 Å². The van der Waals surface area contributed by atoms with Gasteiger partial charge in [0.1, 0.15) is 5.78 Å². The fourth-order valence-electron chi connectivity index (χ4n) is 3.41. The third kappa shape index (κ3) is 2.20. The molecule has 3 nitrogen and oxygen atoms in total. The van der Waals surface area contributed by atoms with E-state index in [9.17, 15) is 9.18 Å². The highest BCUT2D eigenvalue weighted by Gasteiger charge is 2.37. The number of ether oxygens (including phenoxy) is 1. The van der Waals surface area contributed by atoms with Crippen LogP contribution in [-0.2, 0) is 4.79 Å². The fourth-order valence-corrected chi connectivity index (χ4v) is 3.41. The minimum absolute atomic E-state index is 0.271. The Kier molecular flexibility index (Phi) is 3.17. The number of halogens is 1. The number of nitrogens with zero attached hydrogens (tertiary/aromatic N) is 1. The molecule has 3 rings (SSSR count). The van der Waals surface area contributed by atoms with Crippen molar-refractivity contribution in [1.82, 2.24) is 0 Å². The largest absolute Gasteiger partial charge is 0.494 e. The van der Waals surface area contributed by atoms with Crippen LogP contribution in [0, 0.1) is 5.82 Å². The molecule has 0 saturated carbocycles. The zero-order chi connectivity index (χ0) is 13.4. The van der Waals surface area contributed by atoms with Gasteiger partial charge in [-0.2, -0.15) is 0 Å². The van der Waals surface area contributed by atoms with Gasteiger partial charge in [0.15, 0.2) is 11.6 Å². The fraction of sp³-hybridized carbons (Fsp3) is 0.533. The molecule has 19 heavy (non-hydrogen) atoms. The number of methoxy groups -OCH3 is 1. The van der Waals surface area contributed by atoms with Crippen molar-refractivity contribution in [2.75, 3.05) is 12.0 Å². The van der Waals surface area contributed by atoms with Crippen LogP contribution in [0.25, 0.3) is 0 Å². The molecule has 2 aliphatic heterocycles. The zero-order valence-corrected chi connectivity index (χ0v) is 11.1. The van der Waals surface area contributed by atoms with Gasteiger partial charge in [0.05, 0.1) is 7.11 Å². The van der Waals surface area contributed by atoms with Crippen LogP contribution >= 0.6 is 0 Å². The van der Waals surface area contributed by atoms with E-state index in [4.69, 9.17) is 4.74 Å². The summed E-state index contributed by atoms with van der Waals surface area (Å²) in [5.41, 5.74) is 0.973. The third-order valence-corrected chi connectivity index (χ3v) is 4.22. The lowest BCUT2D eigenvalue weighted by molar-refractivity contribution is -0.121. The summed E-state index contributed by atoms with van der Waals surface area (Å²) in [5, 5.41) is 0. The average molecular weight is 263 g/mol. The lowest BCUT2D eigenvalue weighted by Crippen LogP contribution is -2.52. The molecule has 0 amide bonds. The van der Waals surface area contributed by atoms with E-state index in [2.05, 4.69) is 4.90 Å². The number of piperidine rings is 2. The number of ketones is 1. The molecule has 2 heterocycles. The Morgan fingerprint density at radius 1 is 1.26 bits per heavy atom. The summed E-state index contributed by atoms with van der Waals surface area (Å²) in [6, 6.07) is 5.53. The first-order valence-electron chi connectivity index (χ1n) is 6.82. The monoisotopic (exact) mass is 263 g/mol. The molecule has 0 aromatic heterocycles. The number of Topliss-reactive ketones (excluding diaryl/α,β-unsaturated/α-hetero) is 1. The molecule has 2 saturated heterocycles. The maximum Gasteiger partial charge on any atom is 0.165 e. The van der Waals surface area contributed by atoms with Crippen molar-refractivity contribution in [3.63, 3.8) is 0 Å². The van der Waals surface area contributed by atoms with Crippen LogP contribution in [0.1, 0.15) is 32.1 Å². The summed E-state index contributed by atoms with van der Waals surface area (Å²) < 4.78 is 18.5. The van der Waals surface area contributed by atoms with Gasteiger partial charge in [-0.1, -0.05) is 0 Å². The van der Waals surface area contributed by atoms with Gasteiger partial charge in [-0.15, -0.1) is 0 Å². The van der Waals surface area contributed by atoms with Crippen molar-refractivity contribution in [3.05, 3.63) is 24.0 Å².